The van der Waals surface area contributed by atoms with Crippen LogP contribution in [0.4, 0.5) is 4.79 Å². The second-order valence-corrected chi connectivity index (χ2v) is 15.2. The molecule has 0 aromatic rings. The van der Waals surface area contributed by atoms with Crippen molar-refractivity contribution in [3.05, 3.63) is 0 Å². The van der Waals surface area contributed by atoms with E-state index in [1.807, 2.05) is 55.4 Å². The molecule has 5 atom stereocenters. The van der Waals surface area contributed by atoms with Crippen molar-refractivity contribution in [2.24, 2.45) is 28.6 Å². The van der Waals surface area contributed by atoms with Crippen molar-refractivity contribution in [3.8, 4) is 0 Å². The van der Waals surface area contributed by atoms with Gasteiger partial charge < -0.3 is 31.1 Å². The van der Waals surface area contributed by atoms with Gasteiger partial charge in [0.05, 0.1) is 12.6 Å². The lowest BCUT2D eigenvalue weighted by molar-refractivity contribution is -0.143. The molecule has 2 fully saturated rings. The Labute approximate surface area is 259 Å². The van der Waals surface area contributed by atoms with Gasteiger partial charge in [0.2, 0.25) is 17.7 Å². The molecule has 1 unspecified atom stereocenters. The average molecular weight is 607 g/mol. The first-order valence-corrected chi connectivity index (χ1v) is 15.9. The van der Waals surface area contributed by atoms with E-state index in [-0.39, 0.29) is 41.9 Å². The third-order valence-electron chi connectivity index (χ3n) is 8.92. The fourth-order valence-electron chi connectivity index (χ4n) is 6.01. The molecule has 0 bridgehead atoms. The molecule has 1 saturated heterocycles. The molecule has 0 radical (unpaired) electrons. The second kappa shape index (κ2) is 14.9. The summed E-state index contributed by atoms with van der Waals surface area (Å²) in [7, 11) is 4.98. The highest BCUT2D eigenvalue weighted by Gasteiger charge is 2.48. The van der Waals surface area contributed by atoms with Crippen LogP contribution in [-0.2, 0) is 19.2 Å². The standard InChI is InChI=1S/C32H58N6O5/c1-19(2)21-15-16-38(24(21)27(40)34-22(23(39)18-33-9)17-20-13-12-14-20)29(42)26(32(6,7)8)36-30(43)35-25(31(3,4)5)28(41)37(10)11/h19-22,24-26,33H,12-18H2,1-11H3,(H,34,40)(H2,35,36,43)/t21-,22?,24+,25-,26-/m1/s1. The number of urea groups is 1. The van der Waals surface area contributed by atoms with Crippen LogP contribution in [0.25, 0.3) is 0 Å². The van der Waals surface area contributed by atoms with E-state index in [2.05, 4.69) is 21.3 Å². The first-order valence-electron chi connectivity index (χ1n) is 15.9. The normalized spacial score (nSPS) is 21.4. The Kier molecular flexibility index (Phi) is 12.6. The monoisotopic (exact) mass is 606 g/mol. The van der Waals surface area contributed by atoms with E-state index in [0.717, 1.165) is 19.3 Å². The summed E-state index contributed by atoms with van der Waals surface area (Å²) in [5.74, 6) is -0.537. The van der Waals surface area contributed by atoms with Gasteiger partial charge in [-0.3, -0.25) is 19.2 Å². The SMILES string of the molecule is CNCC(=O)C(CC1CCC1)NC(=O)[C@@H]1[C@@H](C(C)C)CCN1C(=O)[C@@H](NC(=O)N[C@H](C(=O)N(C)C)C(C)(C)C)C(C)(C)C. The van der Waals surface area contributed by atoms with Crippen LogP contribution in [0.5, 0.6) is 0 Å². The molecule has 2 rings (SSSR count). The highest BCUT2D eigenvalue weighted by atomic mass is 16.2. The largest absolute Gasteiger partial charge is 0.347 e. The zero-order valence-corrected chi connectivity index (χ0v) is 28.4. The Morgan fingerprint density at radius 2 is 1.42 bits per heavy atom. The first-order chi connectivity index (χ1) is 19.8. The van der Waals surface area contributed by atoms with Gasteiger partial charge in [-0.15, -0.1) is 0 Å². The number of ketones is 1. The number of rotatable bonds is 12. The Morgan fingerprint density at radius 3 is 1.86 bits per heavy atom. The van der Waals surface area contributed by atoms with E-state index in [1.165, 1.54) is 4.90 Å². The van der Waals surface area contributed by atoms with E-state index >= 15 is 0 Å². The molecule has 4 N–H and O–H groups in total. The van der Waals surface area contributed by atoms with Crippen LogP contribution in [0.2, 0.25) is 0 Å². The van der Waals surface area contributed by atoms with Gasteiger partial charge in [-0.1, -0.05) is 74.7 Å². The third-order valence-corrected chi connectivity index (χ3v) is 8.92. The summed E-state index contributed by atoms with van der Waals surface area (Å²) in [6.07, 6.45) is 4.50. The summed E-state index contributed by atoms with van der Waals surface area (Å²) in [5, 5.41) is 11.6. The van der Waals surface area contributed by atoms with Gasteiger partial charge in [-0.05, 0) is 48.5 Å². The lowest BCUT2D eigenvalue weighted by Crippen LogP contribution is -2.63. The maximum absolute atomic E-state index is 14.2. The Morgan fingerprint density at radius 1 is 0.860 bits per heavy atom. The number of carbonyl (C=O) groups is 5. The maximum atomic E-state index is 14.2. The van der Waals surface area contributed by atoms with Crippen molar-refractivity contribution in [2.45, 2.75) is 112 Å². The van der Waals surface area contributed by atoms with E-state index in [4.69, 9.17) is 0 Å². The molecule has 2 aliphatic rings. The number of Topliss-reactive ketones (excluding diaryl/α,β-unsaturated/α-hetero) is 1. The van der Waals surface area contributed by atoms with E-state index in [1.54, 1.807) is 26.0 Å². The predicted octanol–water partition coefficient (Wildman–Crippen LogP) is 2.54. The molecule has 1 aliphatic heterocycles. The minimum Gasteiger partial charge on any atom is -0.347 e. The molecule has 0 aromatic carbocycles. The third kappa shape index (κ3) is 9.65. The highest BCUT2D eigenvalue weighted by Crippen LogP contribution is 2.34. The number of nitrogens with one attached hydrogen (secondary N) is 4. The lowest BCUT2D eigenvalue weighted by atomic mass is 9.80. The van der Waals surface area contributed by atoms with Gasteiger partial charge in [0, 0.05) is 20.6 Å². The molecule has 0 spiro atoms. The van der Waals surface area contributed by atoms with Gasteiger partial charge in [-0.2, -0.15) is 0 Å². The van der Waals surface area contributed by atoms with Gasteiger partial charge in [-0.25, -0.2) is 4.79 Å². The van der Waals surface area contributed by atoms with E-state index in [9.17, 15) is 24.0 Å². The highest BCUT2D eigenvalue weighted by molar-refractivity contribution is 5.96. The van der Waals surface area contributed by atoms with Crippen molar-refractivity contribution in [1.29, 1.82) is 0 Å². The fourth-order valence-corrected chi connectivity index (χ4v) is 6.01. The van der Waals surface area contributed by atoms with Crippen LogP contribution in [0.1, 0.15) is 87.5 Å². The molecule has 0 aromatic heterocycles. The maximum Gasteiger partial charge on any atom is 0.316 e. The Bertz CT molecular complexity index is 1010. The number of likely N-dealkylation sites (tertiary alicyclic amines) is 1. The van der Waals surface area contributed by atoms with Crippen molar-refractivity contribution in [3.63, 3.8) is 0 Å². The summed E-state index contributed by atoms with van der Waals surface area (Å²) in [6, 6.07) is -3.76. The summed E-state index contributed by atoms with van der Waals surface area (Å²) in [4.78, 5) is 70.4. The summed E-state index contributed by atoms with van der Waals surface area (Å²) < 4.78 is 0. The number of nitrogens with zero attached hydrogens (tertiary/aromatic N) is 2. The minimum atomic E-state index is -0.958. The first kappa shape index (κ1) is 36.5. The molecule has 1 heterocycles. The van der Waals surface area contributed by atoms with Crippen LogP contribution >= 0.6 is 0 Å². The van der Waals surface area contributed by atoms with Gasteiger partial charge in [0.15, 0.2) is 5.78 Å². The van der Waals surface area contributed by atoms with Crippen LogP contribution in [-0.4, -0.2) is 97.7 Å². The molecule has 246 valence electrons. The quantitative estimate of drug-likeness (QED) is 0.269. The number of likely N-dealkylation sites (N-methyl/N-ethyl adjacent to an activating group) is 2. The molecule has 11 nitrogen and oxygen atoms in total. The zero-order valence-electron chi connectivity index (χ0n) is 28.4. The molecular weight excluding hydrogens is 548 g/mol. The fraction of sp³-hybridized carbons (Fsp3) is 0.844. The van der Waals surface area contributed by atoms with Crippen molar-refractivity contribution >= 4 is 29.5 Å². The minimum absolute atomic E-state index is 0.0636. The average Bonchev–Trinajstić information content (AvgIpc) is 3.31. The van der Waals surface area contributed by atoms with Crippen LogP contribution < -0.4 is 21.3 Å². The van der Waals surface area contributed by atoms with Gasteiger partial charge >= 0.3 is 6.03 Å². The second-order valence-electron chi connectivity index (χ2n) is 15.2. The van der Waals surface area contributed by atoms with Gasteiger partial charge in [0.25, 0.3) is 0 Å². The molecule has 43 heavy (non-hydrogen) atoms. The zero-order chi connectivity index (χ0) is 32.9. The molecule has 11 heteroatoms. The molecular formula is C32H58N6O5. The Hall–Kier alpha value is -2.69. The molecule has 5 amide bonds. The summed E-state index contributed by atoms with van der Waals surface area (Å²) >= 11 is 0. The number of hydrogen-bond donors (Lipinski definition) is 4. The topological polar surface area (TPSA) is 140 Å². The van der Waals surface area contributed by atoms with Crippen LogP contribution in [0.15, 0.2) is 0 Å². The van der Waals surface area contributed by atoms with E-state index < -0.39 is 41.0 Å². The predicted molar refractivity (Wildman–Crippen MR) is 168 cm³/mol. The number of hydrogen-bond acceptors (Lipinski definition) is 6. The van der Waals surface area contributed by atoms with Crippen molar-refractivity contribution < 1.29 is 24.0 Å². The van der Waals surface area contributed by atoms with Crippen LogP contribution in [0, 0.1) is 28.6 Å². The lowest BCUT2D eigenvalue weighted by Gasteiger charge is -2.38. The summed E-state index contributed by atoms with van der Waals surface area (Å²) in [5.41, 5.74) is -1.26. The number of amides is 5. The van der Waals surface area contributed by atoms with Crippen LogP contribution in [0.3, 0.4) is 0 Å². The smallest absolute Gasteiger partial charge is 0.316 e. The Balaban J connectivity index is 2.33. The summed E-state index contributed by atoms with van der Waals surface area (Å²) in [6.45, 7) is 15.8. The molecule has 1 saturated carbocycles. The number of carbonyl (C=O) groups excluding carboxylic acids is 5. The van der Waals surface area contributed by atoms with Crippen molar-refractivity contribution in [1.82, 2.24) is 31.1 Å². The van der Waals surface area contributed by atoms with E-state index in [0.29, 0.717) is 25.3 Å². The van der Waals surface area contributed by atoms with Gasteiger partial charge in [0.1, 0.15) is 18.1 Å². The van der Waals surface area contributed by atoms with Crippen molar-refractivity contribution in [2.75, 3.05) is 34.2 Å². The molecule has 1 aliphatic carbocycles.